The van der Waals surface area contributed by atoms with Gasteiger partial charge in [-0.25, -0.2) is 4.39 Å². The second-order valence-electron chi connectivity index (χ2n) is 7.38. The lowest BCUT2D eigenvalue weighted by molar-refractivity contribution is 0.0162. The average Bonchev–Trinajstić information content (AvgIpc) is 3.16. The van der Waals surface area contributed by atoms with Crippen LogP contribution in [0.15, 0.2) is 42.5 Å². The number of benzene rings is 2. The van der Waals surface area contributed by atoms with Gasteiger partial charge in [0.05, 0.1) is 30.7 Å². The summed E-state index contributed by atoms with van der Waals surface area (Å²) >= 11 is 7.35. The number of halogens is 2. The molecule has 4 rings (SSSR count). The third kappa shape index (κ3) is 4.91. The SMILES string of the molecule is COCc1c(C(=O)NCC(c2ccc(Cl)cc2)N2CCOCC2)sc2cccc(F)c12. The lowest BCUT2D eigenvalue weighted by Crippen LogP contribution is -2.43. The highest BCUT2D eigenvalue weighted by Gasteiger charge is 2.25. The van der Waals surface area contributed by atoms with Crippen molar-refractivity contribution in [1.82, 2.24) is 10.2 Å². The molecule has 0 bridgehead atoms. The predicted octanol–water partition coefficient (Wildman–Crippen LogP) is 4.64. The molecule has 1 aliphatic rings. The van der Waals surface area contributed by atoms with Crippen molar-refractivity contribution in [2.45, 2.75) is 12.6 Å². The number of hydrogen-bond donors (Lipinski definition) is 1. The molecule has 1 aromatic heterocycles. The number of fused-ring (bicyclic) bond motifs is 1. The lowest BCUT2D eigenvalue weighted by Gasteiger charge is -2.35. The second-order valence-corrected chi connectivity index (χ2v) is 8.87. The van der Waals surface area contributed by atoms with Crippen molar-refractivity contribution < 1.29 is 18.7 Å². The Bertz CT molecular complexity index is 1050. The van der Waals surface area contributed by atoms with E-state index in [0.29, 0.717) is 40.6 Å². The van der Waals surface area contributed by atoms with Crippen LogP contribution in [-0.2, 0) is 16.1 Å². The Morgan fingerprint density at radius 1 is 1.26 bits per heavy atom. The molecule has 1 aliphatic heterocycles. The molecule has 0 aliphatic carbocycles. The normalized spacial score (nSPS) is 15.8. The van der Waals surface area contributed by atoms with Crippen molar-refractivity contribution in [3.8, 4) is 0 Å². The summed E-state index contributed by atoms with van der Waals surface area (Å²) in [5.74, 6) is -0.563. The molecule has 1 atom stereocenters. The Labute approximate surface area is 189 Å². The van der Waals surface area contributed by atoms with E-state index in [0.717, 1.165) is 23.4 Å². The van der Waals surface area contributed by atoms with Crippen molar-refractivity contribution in [2.75, 3.05) is 40.0 Å². The van der Waals surface area contributed by atoms with Gasteiger partial charge in [0, 0.05) is 47.4 Å². The quantitative estimate of drug-likeness (QED) is 0.555. The number of nitrogens with one attached hydrogen (secondary N) is 1. The Balaban J connectivity index is 1.58. The second kappa shape index (κ2) is 10.1. The first kappa shape index (κ1) is 22.2. The van der Waals surface area contributed by atoms with E-state index >= 15 is 0 Å². The van der Waals surface area contributed by atoms with Crippen molar-refractivity contribution in [2.24, 2.45) is 0 Å². The van der Waals surface area contributed by atoms with Crippen LogP contribution in [-0.4, -0.2) is 50.8 Å². The van der Waals surface area contributed by atoms with Gasteiger partial charge in [0.15, 0.2) is 0 Å². The summed E-state index contributed by atoms with van der Waals surface area (Å²) in [6.45, 7) is 3.48. The number of morpholine rings is 1. The first-order valence-electron chi connectivity index (χ1n) is 10.1. The smallest absolute Gasteiger partial charge is 0.261 e. The standard InChI is InChI=1S/C23H24ClFN2O3S/c1-29-14-17-21-18(25)3-2-4-20(21)31-22(17)23(28)26-13-19(27-9-11-30-12-10-27)15-5-7-16(24)8-6-15/h2-8,19H,9-14H2,1H3,(H,26,28). The molecular formula is C23H24ClFN2O3S. The molecule has 8 heteroatoms. The van der Waals surface area contributed by atoms with Crippen molar-refractivity contribution >= 4 is 38.9 Å². The van der Waals surface area contributed by atoms with Crippen LogP contribution >= 0.6 is 22.9 Å². The van der Waals surface area contributed by atoms with Crippen LogP contribution in [0.2, 0.25) is 5.02 Å². The van der Waals surface area contributed by atoms with E-state index in [4.69, 9.17) is 21.1 Å². The Hall–Kier alpha value is -2.03. The molecule has 0 radical (unpaired) electrons. The summed E-state index contributed by atoms with van der Waals surface area (Å²) < 4.78 is 25.9. The molecule has 1 unspecified atom stereocenters. The van der Waals surface area contributed by atoms with E-state index in [2.05, 4.69) is 10.2 Å². The maximum absolute atomic E-state index is 14.4. The topological polar surface area (TPSA) is 50.8 Å². The summed E-state index contributed by atoms with van der Waals surface area (Å²) in [7, 11) is 1.54. The number of carbonyl (C=O) groups excluding carboxylic acids is 1. The van der Waals surface area contributed by atoms with Crippen LogP contribution in [0.5, 0.6) is 0 Å². The highest BCUT2D eigenvalue weighted by Crippen LogP contribution is 2.34. The third-order valence-corrected chi connectivity index (χ3v) is 6.90. The fraction of sp³-hybridized carbons (Fsp3) is 0.348. The maximum atomic E-state index is 14.4. The van der Waals surface area contributed by atoms with Crippen molar-refractivity contribution in [1.29, 1.82) is 0 Å². The van der Waals surface area contributed by atoms with E-state index in [1.165, 1.54) is 17.4 Å². The van der Waals surface area contributed by atoms with Crippen LogP contribution in [0.1, 0.15) is 26.8 Å². The summed E-state index contributed by atoms with van der Waals surface area (Å²) in [6.07, 6.45) is 0. The molecule has 0 saturated carbocycles. The molecule has 5 nitrogen and oxygen atoms in total. The van der Waals surface area contributed by atoms with Crippen LogP contribution < -0.4 is 5.32 Å². The van der Waals surface area contributed by atoms with Crippen LogP contribution in [0, 0.1) is 5.82 Å². The summed E-state index contributed by atoms with van der Waals surface area (Å²) in [6, 6.07) is 12.6. The summed E-state index contributed by atoms with van der Waals surface area (Å²) in [5, 5.41) is 4.20. The fourth-order valence-electron chi connectivity index (χ4n) is 3.93. The molecule has 1 N–H and O–H groups in total. The molecule has 3 aromatic rings. The third-order valence-electron chi connectivity index (χ3n) is 5.46. The Morgan fingerprint density at radius 2 is 2.00 bits per heavy atom. The van der Waals surface area contributed by atoms with Crippen LogP contribution in [0.25, 0.3) is 10.1 Å². The van der Waals surface area contributed by atoms with E-state index in [1.54, 1.807) is 13.2 Å². The summed E-state index contributed by atoms with van der Waals surface area (Å²) in [5.41, 5.74) is 1.67. The molecule has 2 heterocycles. The average molecular weight is 463 g/mol. The zero-order valence-corrected chi connectivity index (χ0v) is 18.8. The van der Waals surface area contributed by atoms with Crippen LogP contribution in [0.3, 0.4) is 0 Å². The monoisotopic (exact) mass is 462 g/mol. The first-order chi connectivity index (χ1) is 15.1. The minimum Gasteiger partial charge on any atom is -0.380 e. The van der Waals surface area contributed by atoms with Gasteiger partial charge in [0.25, 0.3) is 5.91 Å². The van der Waals surface area contributed by atoms with Gasteiger partial charge in [-0.05, 0) is 29.8 Å². The molecule has 2 aromatic carbocycles. The number of ether oxygens (including phenoxy) is 2. The van der Waals surface area contributed by atoms with Crippen molar-refractivity contribution in [3.63, 3.8) is 0 Å². The molecule has 1 amide bonds. The van der Waals surface area contributed by atoms with E-state index < -0.39 is 0 Å². The number of nitrogens with zero attached hydrogens (tertiary/aromatic N) is 1. The molecule has 1 fully saturated rings. The molecular weight excluding hydrogens is 439 g/mol. The van der Waals surface area contributed by atoms with Gasteiger partial charge < -0.3 is 14.8 Å². The van der Waals surface area contributed by atoms with Gasteiger partial charge in [-0.3, -0.25) is 9.69 Å². The van der Waals surface area contributed by atoms with Gasteiger partial charge in [-0.15, -0.1) is 11.3 Å². The molecule has 1 saturated heterocycles. The number of hydrogen-bond acceptors (Lipinski definition) is 5. The van der Waals surface area contributed by atoms with E-state index in [9.17, 15) is 9.18 Å². The Kier molecular flexibility index (Phi) is 7.20. The largest absolute Gasteiger partial charge is 0.380 e. The molecule has 31 heavy (non-hydrogen) atoms. The number of rotatable bonds is 7. The maximum Gasteiger partial charge on any atom is 0.261 e. The first-order valence-corrected chi connectivity index (χ1v) is 11.3. The van der Waals surface area contributed by atoms with Gasteiger partial charge in [-0.2, -0.15) is 0 Å². The van der Waals surface area contributed by atoms with Gasteiger partial charge in [0.1, 0.15) is 5.82 Å². The minimum atomic E-state index is -0.341. The van der Waals surface area contributed by atoms with Gasteiger partial charge >= 0.3 is 0 Å². The van der Waals surface area contributed by atoms with Gasteiger partial charge in [-0.1, -0.05) is 29.8 Å². The number of carbonyl (C=O) groups is 1. The lowest BCUT2D eigenvalue weighted by atomic mass is 10.0. The van der Waals surface area contributed by atoms with E-state index in [-0.39, 0.29) is 24.4 Å². The van der Waals surface area contributed by atoms with E-state index in [1.807, 2.05) is 30.3 Å². The Morgan fingerprint density at radius 3 is 2.71 bits per heavy atom. The molecule has 164 valence electrons. The number of thiophene rings is 1. The predicted molar refractivity (Wildman–Crippen MR) is 121 cm³/mol. The highest BCUT2D eigenvalue weighted by molar-refractivity contribution is 7.21. The zero-order chi connectivity index (χ0) is 21.8. The fourth-order valence-corrected chi connectivity index (χ4v) is 5.20. The summed E-state index contributed by atoms with van der Waals surface area (Å²) in [4.78, 5) is 15.9. The van der Waals surface area contributed by atoms with Crippen LogP contribution in [0.4, 0.5) is 4.39 Å². The minimum absolute atomic E-state index is 0.0119. The molecule has 0 spiro atoms. The van der Waals surface area contributed by atoms with Crippen molar-refractivity contribution in [3.05, 3.63) is 69.3 Å². The highest BCUT2D eigenvalue weighted by atomic mass is 35.5. The number of methoxy groups -OCH3 is 1. The number of amides is 1. The van der Waals surface area contributed by atoms with Gasteiger partial charge in [0.2, 0.25) is 0 Å². The zero-order valence-electron chi connectivity index (χ0n) is 17.2.